The number of alkyl halides is 3. The number of nitrogens with zero attached hydrogens (tertiary/aromatic N) is 2. The second kappa shape index (κ2) is 12.3. The Bertz CT molecular complexity index is 914. The number of hydrogen-bond acceptors (Lipinski definition) is 5. The zero-order chi connectivity index (χ0) is 25.4. The van der Waals surface area contributed by atoms with Gasteiger partial charge in [0.25, 0.3) is 0 Å². The molecule has 0 aliphatic carbocycles. The summed E-state index contributed by atoms with van der Waals surface area (Å²) in [6.45, 7) is 11.3. The summed E-state index contributed by atoms with van der Waals surface area (Å²) in [4.78, 5) is 23.5. The van der Waals surface area contributed by atoms with Crippen molar-refractivity contribution in [1.29, 1.82) is 0 Å². The van der Waals surface area contributed by atoms with Crippen molar-refractivity contribution in [2.24, 2.45) is 5.92 Å². The third-order valence-electron chi connectivity index (χ3n) is 4.82. The molecule has 0 radical (unpaired) electrons. The summed E-state index contributed by atoms with van der Waals surface area (Å²) in [7, 11) is -3.63. The normalized spacial score (nSPS) is 14.8. The number of sulfonamides is 1. The lowest BCUT2D eigenvalue weighted by Crippen LogP contribution is -2.47. The molecular formula is C21H32F3N3O5S. The molecule has 1 aromatic rings. The second-order valence-electron chi connectivity index (χ2n) is 8.21. The van der Waals surface area contributed by atoms with E-state index in [1.165, 1.54) is 4.31 Å². The summed E-state index contributed by atoms with van der Waals surface area (Å²) < 4.78 is 59.6. The van der Waals surface area contributed by atoms with E-state index in [9.17, 15) is 26.4 Å². The number of nitrogens with one attached hydrogen (secondary N) is 1. The molecule has 2 rings (SSSR count). The molecule has 0 unspecified atom stereocenters. The van der Waals surface area contributed by atoms with Crippen molar-refractivity contribution >= 4 is 21.9 Å². The van der Waals surface area contributed by atoms with E-state index in [0.717, 1.165) is 24.2 Å². The highest BCUT2D eigenvalue weighted by atomic mass is 32.2. The van der Waals surface area contributed by atoms with Gasteiger partial charge >= 0.3 is 12.1 Å². The second-order valence-corrected chi connectivity index (χ2v) is 10.1. The minimum Gasteiger partial charge on any atom is -0.475 e. The molecule has 0 atom stereocenters. The Hall–Kier alpha value is -2.18. The maximum atomic E-state index is 13.2. The molecule has 0 spiro atoms. The van der Waals surface area contributed by atoms with Crippen LogP contribution in [-0.2, 0) is 19.6 Å². The van der Waals surface area contributed by atoms with Crippen LogP contribution in [0.25, 0.3) is 0 Å². The zero-order valence-corrected chi connectivity index (χ0v) is 20.1. The number of carboxylic acid groups (broad SMARTS) is 1. The predicted octanol–water partition coefficient (Wildman–Crippen LogP) is 2.41. The van der Waals surface area contributed by atoms with Gasteiger partial charge in [-0.05, 0) is 37.0 Å². The van der Waals surface area contributed by atoms with Gasteiger partial charge in [0.2, 0.25) is 15.9 Å². The van der Waals surface area contributed by atoms with E-state index in [0.29, 0.717) is 24.5 Å². The highest BCUT2D eigenvalue weighted by Crippen LogP contribution is 2.22. The van der Waals surface area contributed by atoms with Crippen molar-refractivity contribution in [2.45, 2.75) is 45.2 Å². The summed E-state index contributed by atoms with van der Waals surface area (Å²) >= 11 is 0. The van der Waals surface area contributed by atoms with Crippen molar-refractivity contribution in [2.75, 3.05) is 39.3 Å². The van der Waals surface area contributed by atoms with Gasteiger partial charge in [-0.1, -0.05) is 26.0 Å². The number of piperazine rings is 1. The molecule has 1 amide bonds. The first kappa shape index (κ1) is 28.9. The van der Waals surface area contributed by atoms with E-state index in [-0.39, 0.29) is 24.8 Å². The number of hydrogen-bond donors (Lipinski definition) is 2. The fraction of sp³-hybridized carbons (Fsp3) is 0.619. The van der Waals surface area contributed by atoms with E-state index >= 15 is 0 Å². The quantitative estimate of drug-likeness (QED) is 0.602. The number of carbonyl (C=O) groups excluding carboxylic acids is 1. The largest absolute Gasteiger partial charge is 0.490 e. The van der Waals surface area contributed by atoms with Gasteiger partial charge in [0.15, 0.2) is 0 Å². The van der Waals surface area contributed by atoms with Crippen LogP contribution in [0.2, 0.25) is 0 Å². The molecule has 188 valence electrons. The molecule has 1 saturated heterocycles. The first-order chi connectivity index (χ1) is 15.2. The zero-order valence-electron chi connectivity index (χ0n) is 19.3. The number of benzene rings is 1. The number of carbonyl (C=O) groups is 2. The Morgan fingerprint density at radius 2 is 1.73 bits per heavy atom. The first-order valence-electron chi connectivity index (χ1n) is 10.5. The Morgan fingerprint density at radius 1 is 1.18 bits per heavy atom. The Labute approximate surface area is 192 Å². The molecule has 0 saturated carbocycles. The number of aliphatic carboxylic acids is 1. The van der Waals surface area contributed by atoms with E-state index in [4.69, 9.17) is 9.90 Å². The summed E-state index contributed by atoms with van der Waals surface area (Å²) in [6, 6.07) is 5.47. The minimum atomic E-state index is -5.08. The van der Waals surface area contributed by atoms with Crippen LogP contribution >= 0.6 is 0 Å². The lowest BCUT2D eigenvalue weighted by molar-refractivity contribution is -0.192. The maximum absolute atomic E-state index is 13.2. The Morgan fingerprint density at radius 3 is 2.21 bits per heavy atom. The van der Waals surface area contributed by atoms with E-state index in [1.807, 2.05) is 44.7 Å². The highest BCUT2D eigenvalue weighted by molar-refractivity contribution is 7.89. The maximum Gasteiger partial charge on any atom is 0.490 e. The smallest absolute Gasteiger partial charge is 0.475 e. The molecule has 1 aliphatic rings. The van der Waals surface area contributed by atoms with Gasteiger partial charge in [-0.15, -0.1) is 0 Å². The molecule has 1 aromatic carbocycles. The molecule has 12 heteroatoms. The van der Waals surface area contributed by atoms with Crippen LogP contribution in [-0.4, -0.2) is 80.1 Å². The predicted molar refractivity (Wildman–Crippen MR) is 117 cm³/mol. The average molecular weight is 496 g/mol. The van der Waals surface area contributed by atoms with Crippen LogP contribution in [0.4, 0.5) is 13.2 Å². The number of aryl methyl sites for hydroxylation is 2. The van der Waals surface area contributed by atoms with Crippen molar-refractivity contribution in [3.8, 4) is 0 Å². The summed E-state index contributed by atoms with van der Waals surface area (Å²) in [5.41, 5.74) is 1.65. The topological polar surface area (TPSA) is 107 Å². The number of halogens is 3. The molecule has 0 aromatic heterocycles. The fourth-order valence-electron chi connectivity index (χ4n) is 3.13. The average Bonchev–Trinajstić information content (AvgIpc) is 2.72. The van der Waals surface area contributed by atoms with E-state index < -0.39 is 22.2 Å². The summed E-state index contributed by atoms with van der Waals surface area (Å²) in [5, 5.41) is 10.3. The van der Waals surface area contributed by atoms with Gasteiger partial charge in [-0.2, -0.15) is 17.5 Å². The van der Waals surface area contributed by atoms with Crippen molar-refractivity contribution in [3.63, 3.8) is 0 Å². The SMILES string of the molecule is Cc1ccc(C)c(S(=O)(=O)N(CCC(=O)N2CCNCC2)CC(C)C)c1.O=C(O)C(F)(F)F. The van der Waals surface area contributed by atoms with Gasteiger partial charge < -0.3 is 15.3 Å². The van der Waals surface area contributed by atoms with Crippen molar-refractivity contribution in [3.05, 3.63) is 29.3 Å². The molecule has 1 aliphatic heterocycles. The van der Waals surface area contributed by atoms with E-state index in [1.54, 1.807) is 6.07 Å². The number of carboxylic acids is 1. The lowest BCUT2D eigenvalue weighted by atomic mass is 10.2. The fourth-order valence-corrected chi connectivity index (χ4v) is 5.05. The van der Waals surface area contributed by atoms with Crippen molar-refractivity contribution < 1.29 is 36.3 Å². The first-order valence-corrected chi connectivity index (χ1v) is 12.0. The van der Waals surface area contributed by atoms with Crippen LogP contribution in [0, 0.1) is 19.8 Å². The minimum absolute atomic E-state index is 0.0245. The van der Waals surface area contributed by atoms with Crippen LogP contribution in [0.5, 0.6) is 0 Å². The third kappa shape index (κ3) is 9.30. The number of rotatable bonds is 7. The molecule has 8 nitrogen and oxygen atoms in total. The van der Waals surface area contributed by atoms with Crippen molar-refractivity contribution in [1.82, 2.24) is 14.5 Å². The lowest BCUT2D eigenvalue weighted by Gasteiger charge is -2.29. The van der Waals surface area contributed by atoms with Gasteiger partial charge in [-0.3, -0.25) is 4.79 Å². The number of amides is 1. The Kier molecular flexibility index (Phi) is 10.8. The highest BCUT2D eigenvalue weighted by Gasteiger charge is 2.38. The van der Waals surface area contributed by atoms with Gasteiger partial charge in [0, 0.05) is 45.7 Å². The van der Waals surface area contributed by atoms with Crippen LogP contribution in [0.3, 0.4) is 0 Å². The summed E-state index contributed by atoms with van der Waals surface area (Å²) in [6.07, 6.45) is -4.86. The molecule has 1 fully saturated rings. The van der Waals surface area contributed by atoms with Crippen LogP contribution in [0.15, 0.2) is 23.1 Å². The molecule has 1 heterocycles. The van der Waals surface area contributed by atoms with Gasteiger partial charge in [0.05, 0.1) is 4.90 Å². The molecule has 2 N–H and O–H groups in total. The monoisotopic (exact) mass is 495 g/mol. The third-order valence-corrected chi connectivity index (χ3v) is 6.82. The molecular weight excluding hydrogens is 463 g/mol. The standard InChI is InChI=1S/C19H31N3O3S.C2HF3O2/c1-15(2)14-22(10-7-19(23)21-11-8-20-9-12-21)26(24,25)18-13-16(3)5-6-17(18)4;3-2(4,5)1(6)7/h5-6,13,15,20H,7-12,14H2,1-4H3;(H,6,7). The Balaban J connectivity index is 0.000000675. The van der Waals surface area contributed by atoms with Gasteiger partial charge in [0.1, 0.15) is 0 Å². The molecule has 33 heavy (non-hydrogen) atoms. The summed E-state index contributed by atoms with van der Waals surface area (Å²) in [5.74, 6) is -2.55. The molecule has 0 bridgehead atoms. The van der Waals surface area contributed by atoms with E-state index in [2.05, 4.69) is 5.32 Å². The van der Waals surface area contributed by atoms with Gasteiger partial charge in [-0.25, -0.2) is 13.2 Å². The van der Waals surface area contributed by atoms with Crippen LogP contribution < -0.4 is 5.32 Å². The van der Waals surface area contributed by atoms with Crippen LogP contribution in [0.1, 0.15) is 31.4 Å².